The number of alkyl halides is 3. The lowest BCUT2D eigenvalue weighted by Crippen LogP contribution is -2.26. The molecule has 1 aromatic heterocycles. The Kier molecular flexibility index (Phi) is 3.76. The minimum atomic E-state index is -4.37. The first-order valence-corrected chi connectivity index (χ1v) is 5.16. The molecule has 1 rings (SSSR count). The van der Waals surface area contributed by atoms with Crippen LogP contribution in [0.2, 0.25) is 0 Å². The van der Waals surface area contributed by atoms with Gasteiger partial charge >= 0.3 is 6.18 Å². The standard InChI is InChI=1S/C10H13F3N4/c1-6(2)9-8(4-5-14)15-16-17(9)7(3)10(11,12)13/h6-7H,4H2,1-3H3. The van der Waals surface area contributed by atoms with Crippen molar-refractivity contribution >= 4 is 0 Å². The second-order valence-electron chi connectivity index (χ2n) is 4.07. The summed E-state index contributed by atoms with van der Waals surface area (Å²) in [6, 6.07) is 0.137. The summed E-state index contributed by atoms with van der Waals surface area (Å²) in [5.74, 6) is -0.168. The first-order chi connectivity index (χ1) is 7.79. The Morgan fingerprint density at radius 2 is 1.94 bits per heavy atom. The van der Waals surface area contributed by atoms with Crippen molar-refractivity contribution in [3.05, 3.63) is 11.4 Å². The summed E-state index contributed by atoms with van der Waals surface area (Å²) in [6.07, 6.45) is -4.40. The van der Waals surface area contributed by atoms with E-state index < -0.39 is 12.2 Å². The van der Waals surface area contributed by atoms with Gasteiger partial charge in [-0.05, 0) is 12.8 Å². The Hall–Kier alpha value is -1.58. The molecule has 7 heteroatoms. The molecular formula is C10H13F3N4. The predicted octanol–water partition coefficient (Wildman–Crippen LogP) is 2.59. The SMILES string of the molecule is CC(C)c1c(CC#N)nnn1C(C)C(F)(F)F. The van der Waals surface area contributed by atoms with Crippen molar-refractivity contribution in [2.75, 3.05) is 0 Å². The van der Waals surface area contributed by atoms with Crippen LogP contribution in [0.25, 0.3) is 0 Å². The van der Waals surface area contributed by atoms with Gasteiger partial charge in [-0.15, -0.1) is 5.10 Å². The van der Waals surface area contributed by atoms with Crippen molar-refractivity contribution in [1.82, 2.24) is 15.0 Å². The number of nitriles is 1. The van der Waals surface area contributed by atoms with E-state index in [2.05, 4.69) is 10.3 Å². The fraction of sp³-hybridized carbons (Fsp3) is 0.700. The number of rotatable bonds is 3. The molecule has 0 fully saturated rings. The van der Waals surface area contributed by atoms with Gasteiger partial charge in [-0.2, -0.15) is 18.4 Å². The topological polar surface area (TPSA) is 54.5 Å². The molecule has 4 nitrogen and oxygen atoms in total. The molecule has 0 bridgehead atoms. The Balaban J connectivity index is 3.22. The van der Waals surface area contributed by atoms with E-state index in [1.54, 1.807) is 13.8 Å². The van der Waals surface area contributed by atoms with E-state index >= 15 is 0 Å². The van der Waals surface area contributed by atoms with Gasteiger partial charge in [0.2, 0.25) is 0 Å². The molecule has 0 aliphatic rings. The van der Waals surface area contributed by atoms with Crippen LogP contribution in [-0.4, -0.2) is 21.2 Å². The van der Waals surface area contributed by atoms with E-state index in [4.69, 9.17) is 5.26 Å². The van der Waals surface area contributed by atoms with Crippen LogP contribution >= 0.6 is 0 Å². The van der Waals surface area contributed by atoms with Crippen LogP contribution in [0.3, 0.4) is 0 Å². The molecule has 0 saturated carbocycles. The molecule has 1 atom stereocenters. The van der Waals surface area contributed by atoms with Crippen LogP contribution < -0.4 is 0 Å². The zero-order chi connectivity index (χ0) is 13.2. The normalized spacial score (nSPS) is 13.8. The van der Waals surface area contributed by atoms with Crippen molar-refractivity contribution in [2.45, 2.75) is 45.3 Å². The average molecular weight is 246 g/mol. The molecule has 94 valence electrons. The highest BCUT2D eigenvalue weighted by molar-refractivity contribution is 5.18. The molecular weight excluding hydrogens is 233 g/mol. The summed E-state index contributed by atoms with van der Waals surface area (Å²) >= 11 is 0. The molecule has 0 saturated heterocycles. The monoisotopic (exact) mass is 246 g/mol. The molecule has 0 N–H and O–H groups in total. The van der Waals surface area contributed by atoms with Crippen molar-refractivity contribution in [1.29, 1.82) is 5.26 Å². The fourth-order valence-electron chi connectivity index (χ4n) is 1.56. The fourth-order valence-corrected chi connectivity index (χ4v) is 1.56. The van der Waals surface area contributed by atoms with E-state index in [1.807, 2.05) is 6.07 Å². The van der Waals surface area contributed by atoms with E-state index in [0.29, 0.717) is 11.4 Å². The van der Waals surface area contributed by atoms with Gasteiger partial charge in [0, 0.05) is 0 Å². The maximum atomic E-state index is 12.6. The number of nitrogens with zero attached hydrogens (tertiary/aromatic N) is 4. The lowest BCUT2D eigenvalue weighted by molar-refractivity contribution is -0.166. The van der Waals surface area contributed by atoms with Crippen LogP contribution in [-0.2, 0) is 6.42 Å². The van der Waals surface area contributed by atoms with Crippen LogP contribution in [0.5, 0.6) is 0 Å². The molecule has 1 unspecified atom stereocenters. The van der Waals surface area contributed by atoms with E-state index in [0.717, 1.165) is 11.6 Å². The summed E-state index contributed by atoms with van der Waals surface area (Å²) in [5.41, 5.74) is 0.690. The summed E-state index contributed by atoms with van der Waals surface area (Å²) in [6.45, 7) is 4.52. The molecule has 1 heterocycles. The molecule has 0 amide bonds. The summed E-state index contributed by atoms with van der Waals surface area (Å²) in [4.78, 5) is 0. The molecule has 0 aliphatic carbocycles. The van der Waals surface area contributed by atoms with Crippen LogP contribution in [0.1, 0.15) is 44.1 Å². The van der Waals surface area contributed by atoms with Gasteiger partial charge in [-0.3, -0.25) is 0 Å². The van der Waals surface area contributed by atoms with Gasteiger partial charge in [0.15, 0.2) is 0 Å². The van der Waals surface area contributed by atoms with Gasteiger partial charge in [0.05, 0.1) is 18.2 Å². The van der Waals surface area contributed by atoms with Crippen molar-refractivity contribution in [3.63, 3.8) is 0 Å². The zero-order valence-electron chi connectivity index (χ0n) is 9.78. The Bertz CT molecular complexity index is 428. The van der Waals surface area contributed by atoms with Crippen molar-refractivity contribution in [2.24, 2.45) is 0 Å². The molecule has 0 spiro atoms. The zero-order valence-corrected chi connectivity index (χ0v) is 9.78. The predicted molar refractivity (Wildman–Crippen MR) is 54.2 cm³/mol. The van der Waals surface area contributed by atoms with E-state index in [-0.39, 0.29) is 12.3 Å². The molecule has 0 radical (unpaired) electrons. The molecule has 0 aromatic carbocycles. The third-order valence-corrected chi connectivity index (χ3v) is 2.44. The quantitative estimate of drug-likeness (QED) is 0.823. The second kappa shape index (κ2) is 4.73. The lowest BCUT2D eigenvalue weighted by atomic mass is 10.1. The highest BCUT2D eigenvalue weighted by Gasteiger charge is 2.40. The first-order valence-electron chi connectivity index (χ1n) is 5.16. The number of hydrogen-bond donors (Lipinski definition) is 0. The second-order valence-corrected chi connectivity index (χ2v) is 4.07. The third kappa shape index (κ3) is 2.75. The van der Waals surface area contributed by atoms with Crippen LogP contribution in [0.15, 0.2) is 0 Å². The maximum Gasteiger partial charge on any atom is 0.410 e. The highest BCUT2D eigenvalue weighted by Crippen LogP contribution is 2.32. The van der Waals surface area contributed by atoms with Gasteiger partial charge in [-0.25, -0.2) is 4.68 Å². The molecule has 17 heavy (non-hydrogen) atoms. The van der Waals surface area contributed by atoms with Gasteiger partial charge < -0.3 is 0 Å². The van der Waals surface area contributed by atoms with Crippen LogP contribution in [0.4, 0.5) is 13.2 Å². The first kappa shape index (κ1) is 13.5. The largest absolute Gasteiger partial charge is 0.410 e. The van der Waals surface area contributed by atoms with Crippen LogP contribution in [0, 0.1) is 11.3 Å². The van der Waals surface area contributed by atoms with Crippen molar-refractivity contribution < 1.29 is 13.2 Å². The summed E-state index contributed by atoms with van der Waals surface area (Å²) < 4.78 is 38.7. The smallest absolute Gasteiger partial charge is 0.237 e. The maximum absolute atomic E-state index is 12.6. The van der Waals surface area contributed by atoms with E-state index in [1.165, 1.54) is 0 Å². The van der Waals surface area contributed by atoms with Gasteiger partial charge in [0.25, 0.3) is 0 Å². The average Bonchev–Trinajstić information content (AvgIpc) is 2.59. The minimum absolute atomic E-state index is 0.0297. The Morgan fingerprint density at radius 3 is 2.35 bits per heavy atom. The number of hydrogen-bond acceptors (Lipinski definition) is 3. The third-order valence-electron chi connectivity index (χ3n) is 2.44. The summed E-state index contributed by atoms with van der Waals surface area (Å²) in [5, 5.41) is 15.8. The molecule has 0 aliphatic heterocycles. The molecule has 1 aromatic rings. The highest BCUT2D eigenvalue weighted by atomic mass is 19.4. The number of aromatic nitrogens is 3. The Morgan fingerprint density at radius 1 is 1.35 bits per heavy atom. The number of halogens is 3. The van der Waals surface area contributed by atoms with Gasteiger partial charge in [-0.1, -0.05) is 19.1 Å². The van der Waals surface area contributed by atoms with Gasteiger partial charge in [0.1, 0.15) is 11.7 Å². The van der Waals surface area contributed by atoms with E-state index in [9.17, 15) is 13.2 Å². The lowest BCUT2D eigenvalue weighted by Gasteiger charge is -2.19. The minimum Gasteiger partial charge on any atom is -0.237 e. The Labute approximate surface area is 97.0 Å². The summed E-state index contributed by atoms with van der Waals surface area (Å²) in [7, 11) is 0. The van der Waals surface area contributed by atoms with Crippen molar-refractivity contribution in [3.8, 4) is 6.07 Å².